The molecule has 0 spiro atoms. The van der Waals surface area contributed by atoms with Crippen LogP contribution in [-0.2, 0) is 15.8 Å². The van der Waals surface area contributed by atoms with Crippen molar-refractivity contribution in [2.75, 3.05) is 13.1 Å². The third-order valence-corrected chi connectivity index (χ3v) is 7.53. The number of aromatic amines is 2. The average molecular weight is 407 g/mol. The molecule has 2 heterocycles. The summed E-state index contributed by atoms with van der Waals surface area (Å²) < 4.78 is 26.8. The van der Waals surface area contributed by atoms with Crippen molar-refractivity contribution in [2.45, 2.75) is 48.4 Å². The normalized spacial score (nSPS) is 15.1. The summed E-state index contributed by atoms with van der Waals surface area (Å²) in [5.74, 6) is 2.87. The standard InChI is InChI=1S/C17H22N6O2S2/c1-3-23(4-2)27(24,25)12-7-8-13-14(9-12)19-15(18-13)10-26-17-20-16(21-22-17)11-5-6-11/h7-9,11H,3-6,10H2,1-2H3,(H,18,19)(H,20,21,22). The molecule has 10 heteroatoms. The van der Waals surface area contributed by atoms with Gasteiger partial charge in [0.25, 0.3) is 0 Å². The van der Waals surface area contributed by atoms with E-state index in [1.54, 1.807) is 18.2 Å². The van der Waals surface area contributed by atoms with Crippen molar-refractivity contribution in [3.05, 3.63) is 29.8 Å². The van der Waals surface area contributed by atoms with Crippen molar-refractivity contribution in [3.8, 4) is 0 Å². The lowest BCUT2D eigenvalue weighted by Crippen LogP contribution is -2.30. The van der Waals surface area contributed by atoms with Crippen LogP contribution in [0.3, 0.4) is 0 Å². The van der Waals surface area contributed by atoms with Crippen LogP contribution >= 0.6 is 11.8 Å². The SMILES string of the molecule is CCN(CC)S(=O)(=O)c1ccc2nc(CSc3n[nH]c(C4CC4)n3)[nH]c2c1. The van der Waals surface area contributed by atoms with E-state index < -0.39 is 10.0 Å². The molecule has 1 aliphatic carbocycles. The minimum absolute atomic E-state index is 0.282. The van der Waals surface area contributed by atoms with Crippen LogP contribution < -0.4 is 0 Å². The number of benzene rings is 1. The van der Waals surface area contributed by atoms with Crippen LogP contribution in [-0.4, -0.2) is 51.0 Å². The van der Waals surface area contributed by atoms with Crippen LogP contribution in [0.5, 0.6) is 0 Å². The zero-order chi connectivity index (χ0) is 19.0. The van der Waals surface area contributed by atoms with Crippen LogP contribution in [0.1, 0.15) is 44.3 Å². The minimum atomic E-state index is -3.48. The third kappa shape index (κ3) is 3.74. The Bertz CT molecular complexity index is 1050. The van der Waals surface area contributed by atoms with E-state index >= 15 is 0 Å². The first kappa shape index (κ1) is 18.5. The lowest BCUT2D eigenvalue weighted by molar-refractivity contribution is 0.445. The van der Waals surface area contributed by atoms with Gasteiger partial charge in [-0.3, -0.25) is 5.10 Å². The van der Waals surface area contributed by atoms with Gasteiger partial charge in [-0.05, 0) is 31.0 Å². The van der Waals surface area contributed by atoms with Gasteiger partial charge >= 0.3 is 0 Å². The van der Waals surface area contributed by atoms with Crippen LogP contribution in [0.4, 0.5) is 0 Å². The number of fused-ring (bicyclic) bond motifs is 1. The summed E-state index contributed by atoms with van der Waals surface area (Å²) in [5, 5.41) is 7.93. The van der Waals surface area contributed by atoms with E-state index in [0.717, 1.165) is 17.2 Å². The van der Waals surface area contributed by atoms with E-state index in [0.29, 0.717) is 35.4 Å². The molecular formula is C17H22N6O2S2. The second-order valence-corrected chi connectivity index (χ2v) is 9.40. The molecule has 0 bridgehead atoms. The number of rotatable bonds is 8. The fraction of sp³-hybridized carbons (Fsp3) is 0.471. The highest BCUT2D eigenvalue weighted by Gasteiger charge is 2.27. The summed E-state index contributed by atoms with van der Waals surface area (Å²) in [5.41, 5.74) is 1.46. The summed E-state index contributed by atoms with van der Waals surface area (Å²) in [7, 11) is -3.48. The number of hydrogen-bond acceptors (Lipinski definition) is 6. The Hall–Kier alpha value is -1.91. The number of H-pyrrole nitrogens is 2. The molecule has 0 saturated heterocycles. The summed E-state index contributed by atoms with van der Waals surface area (Å²) >= 11 is 1.50. The fourth-order valence-electron chi connectivity index (χ4n) is 2.98. The van der Waals surface area contributed by atoms with E-state index in [2.05, 4.69) is 25.1 Å². The van der Waals surface area contributed by atoms with Gasteiger partial charge in [0.1, 0.15) is 11.6 Å². The number of aromatic nitrogens is 5. The smallest absolute Gasteiger partial charge is 0.243 e. The minimum Gasteiger partial charge on any atom is -0.341 e. The Labute approximate surface area is 162 Å². The monoisotopic (exact) mass is 406 g/mol. The number of nitrogens with one attached hydrogen (secondary N) is 2. The Morgan fingerprint density at radius 3 is 2.70 bits per heavy atom. The first-order valence-corrected chi connectivity index (χ1v) is 11.5. The molecule has 0 amide bonds. The maximum atomic E-state index is 12.7. The van der Waals surface area contributed by atoms with Gasteiger partial charge in [0, 0.05) is 19.0 Å². The third-order valence-electron chi connectivity index (χ3n) is 4.63. The van der Waals surface area contributed by atoms with Crippen LogP contribution in [0.2, 0.25) is 0 Å². The van der Waals surface area contributed by atoms with Gasteiger partial charge in [0.15, 0.2) is 0 Å². The predicted molar refractivity (Wildman–Crippen MR) is 104 cm³/mol. The molecule has 1 aliphatic rings. The molecule has 1 aromatic carbocycles. The van der Waals surface area contributed by atoms with Gasteiger partial charge in [-0.25, -0.2) is 18.4 Å². The number of thioether (sulfide) groups is 1. The average Bonchev–Trinajstić information content (AvgIpc) is 3.25. The topological polar surface area (TPSA) is 108 Å². The van der Waals surface area contributed by atoms with Crippen molar-refractivity contribution in [3.63, 3.8) is 0 Å². The number of sulfonamides is 1. The van der Waals surface area contributed by atoms with Crippen molar-refractivity contribution < 1.29 is 8.42 Å². The lowest BCUT2D eigenvalue weighted by Gasteiger charge is -2.18. The number of imidazole rings is 1. The van der Waals surface area contributed by atoms with Crippen LogP contribution in [0, 0.1) is 0 Å². The molecule has 0 radical (unpaired) electrons. The first-order valence-electron chi connectivity index (χ1n) is 9.05. The van der Waals surface area contributed by atoms with E-state index in [1.807, 2.05) is 13.8 Å². The Kier molecular flexibility index (Phi) is 4.95. The van der Waals surface area contributed by atoms with Crippen molar-refractivity contribution >= 4 is 32.8 Å². The van der Waals surface area contributed by atoms with Gasteiger partial charge in [0.2, 0.25) is 15.2 Å². The Morgan fingerprint density at radius 2 is 2.00 bits per heavy atom. The zero-order valence-corrected chi connectivity index (χ0v) is 16.9. The van der Waals surface area contributed by atoms with E-state index in [4.69, 9.17) is 0 Å². The van der Waals surface area contributed by atoms with E-state index in [1.165, 1.54) is 28.9 Å². The molecule has 1 saturated carbocycles. The molecule has 3 aromatic rings. The predicted octanol–water partition coefficient (Wildman–Crippen LogP) is 2.88. The molecule has 2 N–H and O–H groups in total. The molecule has 8 nitrogen and oxygen atoms in total. The first-order chi connectivity index (χ1) is 13.0. The molecule has 0 unspecified atom stereocenters. The quantitative estimate of drug-likeness (QED) is 0.557. The van der Waals surface area contributed by atoms with Gasteiger partial charge in [-0.1, -0.05) is 25.6 Å². The highest BCUT2D eigenvalue weighted by molar-refractivity contribution is 7.98. The molecule has 2 aromatic heterocycles. The van der Waals surface area contributed by atoms with Gasteiger partial charge < -0.3 is 4.98 Å². The van der Waals surface area contributed by atoms with Crippen LogP contribution in [0.15, 0.2) is 28.3 Å². The molecule has 144 valence electrons. The molecule has 0 aliphatic heterocycles. The van der Waals surface area contributed by atoms with E-state index in [9.17, 15) is 8.42 Å². The highest BCUT2D eigenvalue weighted by Crippen LogP contribution is 2.38. The van der Waals surface area contributed by atoms with Crippen LogP contribution in [0.25, 0.3) is 11.0 Å². The fourth-order valence-corrected chi connectivity index (χ4v) is 5.14. The maximum absolute atomic E-state index is 12.7. The van der Waals surface area contributed by atoms with Crippen molar-refractivity contribution in [2.24, 2.45) is 0 Å². The maximum Gasteiger partial charge on any atom is 0.243 e. The van der Waals surface area contributed by atoms with Gasteiger partial charge in [-0.15, -0.1) is 5.10 Å². The highest BCUT2D eigenvalue weighted by atomic mass is 32.2. The molecule has 0 atom stereocenters. The summed E-state index contributed by atoms with van der Waals surface area (Å²) in [6.45, 7) is 4.56. The molecule has 1 fully saturated rings. The molecule has 4 rings (SSSR count). The second kappa shape index (κ2) is 7.25. The summed E-state index contributed by atoms with van der Waals surface area (Å²) in [4.78, 5) is 12.5. The molecular weight excluding hydrogens is 384 g/mol. The summed E-state index contributed by atoms with van der Waals surface area (Å²) in [6, 6.07) is 5.02. The van der Waals surface area contributed by atoms with Gasteiger partial charge in [0.05, 0.1) is 21.7 Å². The Balaban J connectivity index is 1.51. The lowest BCUT2D eigenvalue weighted by atomic mass is 10.3. The van der Waals surface area contributed by atoms with E-state index in [-0.39, 0.29) is 4.90 Å². The number of hydrogen-bond donors (Lipinski definition) is 2. The largest absolute Gasteiger partial charge is 0.341 e. The number of nitrogens with zero attached hydrogens (tertiary/aromatic N) is 4. The molecule has 27 heavy (non-hydrogen) atoms. The Morgan fingerprint density at radius 1 is 1.22 bits per heavy atom. The second-order valence-electron chi connectivity index (χ2n) is 6.52. The van der Waals surface area contributed by atoms with Gasteiger partial charge in [-0.2, -0.15) is 4.31 Å². The zero-order valence-electron chi connectivity index (χ0n) is 15.3. The summed E-state index contributed by atoms with van der Waals surface area (Å²) in [6.07, 6.45) is 2.36. The van der Waals surface area contributed by atoms with Crippen molar-refractivity contribution in [1.29, 1.82) is 0 Å². The van der Waals surface area contributed by atoms with Crippen molar-refractivity contribution in [1.82, 2.24) is 29.5 Å².